The Bertz CT molecular complexity index is 765. The number of aromatic nitrogens is 2. The van der Waals surface area contributed by atoms with E-state index < -0.39 is 23.2 Å². The summed E-state index contributed by atoms with van der Waals surface area (Å²) in [5.41, 5.74) is 1.79. The Balaban J connectivity index is 1.79. The van der Waals surface area contributed by atoms with Gasteiger partial charge in [-0.3, -0.25) is 9.59 Å². The minimum atomic E-state index is -0.924. The van der Waals surface area contributed by atoms with Crippen LogP contribution in [0.25, 0.3) is 5.69 Å². The van der Waals surface area contributed by atoms with E-state index in [-0.39, 0.29) is 5.91 Å². The molecule has 2 atom stereocenters. The number of carboxylic acid groups (broad SMARTS) is 1. The van der Waals surface area contributed by atoms with Gasteiger partial charge in [-0.05, 0) is 24.5 Å². The maximum atomic E-state index is 12.4. The van der Waals surface area contributed by atoms with Crippen LogP contribution >= 0.6 is 0 Å². The summed E-state index contributed by atoms with van der Waals surface area (Å²) in [4.78, 5) is 23.6. The number of carbonyl (C=O) groups excluding carboxylic acids is 1. The van der Waals surface area contributed by atoms with Gasteiger partial charge in [0, 0.05) is 0 Å². The van der Waals surface area contributed by atoms with Crippen molar-refractivity contribution in [3.8, 4) is 5.69 Å². The van der Waals surface area contributed by atoms with Crippen LogP contribution in [0, 0.1) is 24.2 Å². The standard InChI is InChI=1S/C17H19N3O3/c1-10-12(9-18-20(10)11-7-5-4-6-8-11)19-15(21)13-14(16(22)23)17(13,2)3/h4-9,13-14H,1-3H3,(H,19,21)(H,22,23)/t13-,14+/m0/s1. The van der Waals surface area contributed by atoms with Crippen molar-refractivity contribution in [1.82, 2.24) is 9.78 Å². The fourth-order valence-electron chi connectivity index (χ4n) is 3.16. The predicted molar refractivity (Wildman–Crippen MR) is 85.3 cm³/mol. The minimum Gasteiger partial charge on any atom is -0.481 e. The molecule has 23 heavy (non-hydrogen) atoms. The van der Waals surface area contributed by atoms with E-state index in [1.165, 1.54) is 0 Å². The smallest absolute Gasteiger partial charge is 0.307 e. The van der Waals surface area contributed by atoms with Crippen molar-refractivity contribution in [2.24, 2.45) is 17.3 Å². The summed E-state index contributed by atoms with van der Waals surface area (Å²) < 4.78 is 1.74. The first kappa shape index (κ1) is 15.3. The number of para-hydroxylation sites is 1. The van der Waals surface area contributed by atoms with E-state index in [1.807, 2.05) is 37.3 Å². The molecule has 1 amide bonds. The van der Waals surface area contributed by atoms with Gasteiger partial charge in [0.25, 0.3) is 0 Å². The summed E-state index contributed by atoms with van der Waals surface area (Å²) in [7, 11) is 0. The minimum absolute atomic E-state index is 0.266. The molecule has 1 aromatic heterocycles. The number of carboxylic acids is 1. The topological polar surface area (TPSA) is 84.2 Å². The summed E-state index contributed by atoms with van der Waals surface area (Å²) >= 11 is 0. The molecule has 0 unspecified atom stereocenters. The molecule has 0 radical (unpaired) electrons. The van der Waals surface area contributed by atoms with Gasteiger partial charge in [-0.2, -0.15) is 5.10 Å². The van der Waals surface area contributed by atoms with Gasteiger partial charge in [0.2, 0.25) is 5.91 Å². The second-order valence-electron chi connectivity index (χ2n) is 6.50. The summed E-state index contributed by atoms with van der Waals surface area (Å²) in [6.07, 6.45) is 1.59. The molecular formula is C17H19N3O3. The molecule has 0 saturated heterocycles. The lowest BCUT2D eigenvalue weighted by Crippen LogP contribution is -2.18. The number of nitrogens with one attached hydrogen (secondary N) is 1. The average Bonchev–Trinajstić information content (AvgIpc) is 2.92. The Morgan fingerprint density at radius 1 is 1.22 bits per heavy atom. The Morgan fingerprint density at radius 3 is 2.43 bits per heavy atom. The molecule has 0 bridgehead atoms. The zero-order valence-corrected chi connectivity index (χ0v) is 13.3. The number of benzene rings is 1. The van der Waals surface area contributed by atoms with E-state index in [1.54, 1.807) is 24.7 Å². The van der Waals surface area contributed by atoms with Crippen molar-refractivity contribution in [3.63, 3.8) is 0 Å². The third-order valence-electron chi connectivity index (χ3n) is 4.64. The Kier molecular flexibility index (Phi) is 3.47. The lowest BCUT2D eigenvalue weighted by molar-refractivity contribution is -0.140. The molecule has 2 N–H and O–H groups in total. The zero-order chi connectivity index (χ0) is 16.8. The number of carbonyl (C=O) groups is 2. The lowest BCUT2D eigenvalue weighted by Gasteiger charge is -2.07. The molecule has 1 aliphatic rings. The van der Waals surface area contributed by atoms with Crippen molar-refractivity contribution >= 4 is 17.6 Å². The predicted octanol–water partition coefficient (Wildman–Crippen LogP) is 2.48. The molecule has 1 aliphatic carbocycles. The Morgan fingerprint density at radius 2 is 1.87 bits per heavy atom. The van der Waals surface area contributed by atoms with Crippen LogP contribution in [0.3, 0.4) is 0 Å². The van der Waals surface area contributed by atoms with E-state index in [4.69, 9.17) is 0 Å². The summed E-state index contributed by atoms with van der Waals surface area (Å²) in [5, 5.41) is 16.3. The molecule has 1 fully saturated rings. The first-order valence-corrected chi connectivity index (χ1v) is 7.47. The zero-order valence-electron chi connectivity index (χ0n) is 13.3. The van der Waals surface area contributed by atoms with E-state index in [2.05, 4.69) is 10.4 Å². The second kappa shape index (κ2) is 5.22. The third kappa shape index (κ3) is 2.50. The lowest BCUT2D eigenvalue weighted by atomic mass is 10.1. The number of aliphatic carboxylic acids is 1. The third-order valence-corrected chi connectivity index (χ3v) is 4.64. The van der Waals surface area contributed by atoms with Gasteiger partial charge in [-0.15, -0.1) is 0 Å². The normalized spacial score (nSPS) is 21.7. The van der Waals surface area contributed by atoms with Crippen molar-refractivity contribution in [1.29, 1.82) is 0 Å². The molecule has 1 heterocycles. The average molecular weight is 313 g/mol. The van der Waals surface area contributed by atoms with Crippen LogP contribution in [0.1, 0.15) is 19.5 Å². The van der Waals surface area contributed by atoms with Gasteiger partial charge in [0.15, 0.2) is 0 Å². The number of rotatable bonds is 4. The van der Waals surface area contributed by atoms with Crippen molar-refractivity contribution < 1.29 is 14.7 Å². The van der Waals surface area contributed by atoms with Crippen molar-refractivity contribution in [2.45, 2.75) is 20.8 Å². The molecular weight excluding hydrogens is 294 g/mol. The van der Waals surface area contributed by atoms with Crippen LogP contribution in [-0.4, -0.2) is 26.8 Å². The summed E-state index contributed by atoms with van der Waals surface area (Å²) in [6.45, 7) is 5.47. The van der Waals surface area contributed by atoms with Crippen LogP contribution in [-0.2, 0) is 9.59 Å². The van der Waals surface area contributed by atoms with Crippen LogP contribution in [0.2, 0.25) is 0 Å². The maximum absolute atomic E-state index is 12.4. The van der Waals surface area contributed by atoms with E-state index in [0.717, 1.165) is 11.4 Å². The monoisotopic (exact) mass is 313 g/mol. The molecule has 1 aromatic carbocycles. The van der Waals surface area contributed by atoms with E-state index >= 15 is 0 Å². The maximum Gasteiger partial charge on any atom is 0.307 e. The van der Waals surface area contributed by atoms with Crippen molar-refractivity contribution in [3.05, 3.63) is 42.2 Å². The van der Waals surface area contributed by atoms with Gasteiger partial charge in [0.1, 0.15) is 0 Å². The number of hydrogen-bond donors (Lipinski definition) is 2. The van der Waals surface area contributed by atoms with Gasteiger partial charge < -0.3 is 10.4 Å². The fraction of sp³-hybridized carbons (Fsp3) is 0.353. The molecule has 6 heteroatoms. The molecule has 120 valence electrons. The Labute approximate surface area is 134 Å². The SMILES string of the molecule is Cc1c(NC(=O)[C@@H]2[C@H](C(=O)O)C2(C)C)cnn1-c1ccccc1. The summed E-state index contributed by atoms with van der Waals surface area (Å²) in [6, 6.07) is 9.61. The molecule has 2 aromatic rings. The van der Waals surface area contributed by atoms with Crippen LogP contribution < -0.4 is 5.32 Å². The van der Waals surface area contributed by atoms with Gasteiger partial charge in [0.05, 0.1) is 35.1 Å². The van der Waals surface area contributed by atoms with E-state index in [0.29, 0.717) is 5.69 Å². The van der Waals surface area contributed by atoms with Gasteiger partial charge >= 0.3 is 5.97 Å². The summed E-state index contributed by atoms with van der Waals surface area (Å²) in [5.74, 6) is -2.34. The molecule has 6 nitrogen and oxygen atoms in total. The number of nitrogens with zero attached hydrogens (tertiary/aromatic N) is 2. The first-order valence-electron chi connectivity index (χ1n) is 7.47. The highest BCUT2D eigenvalue weighted by atomic mass is 16.4. The molecule has 3 rings (SSSR count). The van der Waals surface area contributed by atoms with Gasteiger partial charge in [-0.1, -0.05) is 32.0 Å². The first-order chi connectivity index (χ1) is 10.8. The highest BCUT2D eigenvalue weighted by Crippen LogP contribution is 2.58. The second-order valence-corrected chi connectivity index (χ2v) is 6.50. The van der Waals surface area contributed by atoms with Crippen LogP contribution in [0.5, 0.6) is 0 Å². The van der Waals surface area contributed by atoms with Crippen LogP contribution in [0.15, 0.2) is 36.5 Å². The van der Waals surface area contributed by atoms with E-state index in [9.17, 15) is 14.7 Å². The number of anilines is 1. The highest BCUT2D eigenvalue weighted by molar-refractivity contribution is 6.00. The molecule has 0 spiro atoms. The van der Waals surface area contributed by atoms with Crippen LogP contribution in [0.4, 0.5) is 5.69 Å². The number of hydrogen-bond acceptors (Lipinski definition) is 3. The Hall–Kier alpha value is -2.63. The molecule has 1 saturated carbocycles. The molecule has 0 aliphatic heterocycles. The largest absolute Gasteiger partial charge is 0.481 e. The quantitative estimate of drug-likeness (QED) is 0.908. The highest BCUT2D eigenvalue weighted by Gasteiger charge is 2.65. The number of amides is 1. The van der Waals surface area contributed by atoms with Crippen molar-refractivity contribution in [2.75, 3.05) is 5.32 Å². The van der Waals surface area contributed by atoms with Gasteiger partial charge in [-0.25, -0.2) is 4.68 Å². The fourth-order valence-corrected chi connectivity index (χ4v) is 3.16.